The lowest BCUT2D eigenvalue weighted by Gasteiger charge is -2.32. The Hall–Kier alpha value is -3.71. The van der Waals surface area contributed by atoms with Crippen LogP contribution in [0.3, 0.4) is 0 Å². The van der Waals surface area contributed by atoms with Gasteiger partial charge in [0.1, 0.15) is 0 Å². The molecular formula is C26H25N5O2. The van der Waals surface area contributed by atoms with E-state index in [1.807, 2.05) is 47.5 Å². The summed E-state index contributed by atoms with van der Waals surface area (Å²) in [6.45, 7) is 4.00. The van der Waals surface area contributed by atoms with Crippen molar-refractivity contribution in [3.8, 4) is 11.3 Å². The summed E-state index contributed by atoms with van der Waals surface area (Å²) >= 11 is 0. The Balaban J connectivity index is 1.44. The molecule has 0 atom stereocenters. The molecule has 0 aliphatic carbocycles. The van der Waals surface area contributed by atoms with Gasteiger partial charge >= 0.3 is 0 Å². The number of nitrogens with zero attached hydrogens (tertiary/aromatic N) is 4. The Labute approximate surface area is 192 Å². The van der Waals surface area contributed by atoms with E-state index in [0.29, 0.717) is 37.8 Å². The van der Waals surface area contributed by atoms with Crippen molar-refractivity contribution in [3.05, 3.63) is 77.6 Å². The predicted octanol–water partition coefficient (Wildman–Crippen LogP) is 3.66. The SMILES string of the molecule is O=C(c1ccccc1)N1CCc2c(nc(N3CCOCC3)nc2-c2c[nH]c3ccccc23)C1. The molecule has 7 nitrogen and oxygen atoms in total. The van der Waals surface area contributed by atoms with Gasteiger partial charge in [-0.2, -0.15) is 0 Å². The minimum absolute atomic E-state index is 0.0430. The van der Waals surface area contributed by atoms with Gasteiger partial charge in [-0.1, -0.05) is 36.4 Å². The van der Waals surface area contributed by atoms with Crippen LogP contribution in [0.5, 0.6) is 0 Å². The first-order chi connectivity index (χ1) is 16.3. The number of ether oxygens (including phenoxy) is 1. The summed E-state index contributed by atoms with van der Waals surface area (Å²) in [5.74, 6) is 0.757. The van der Waals surface area contributed by atoms with E-state index in [4.69, 9.17) is 14.7 Å². The molecule has 1 fully saturated rings. The maximum atomic E-state index is 13.1. The van der Waals surface area contributed by atoms with Crippen LogP contribution in [0.2, 0.25) is 0 Å². The molecule has 0 bridgehead atoms. The van der Waals surface area contributed by atoms with Crippen LogP contribution in [0.4, 0.5) is 5.95 Å². The summed E-state index contributed by atoms with van der Waals surface area (Å²) in [5.41, 5.74) is 5.91. The summed E-state index contributed by atoms with van der Waals surface area (Å²) in [6.07, 6.45) is 2.77. The molecule has 1 amide bonds. The number of amides is 1. The fourth-order valence-electron chi connectivity index (χ4n) is 4.75. The van der Waals surface area contributed by atoms with Gasteiger partial charge in [0.2, 0.25) is 5.95 Å². The van der Waals surface area contributed by atoms with Gasteiger partial charge in [0.05, 0.1) is 31.1 Å². The summed E-state index contributed by atoms with van der Waals surface area (Å²) in [4.78, 5) is 30.6. The fourth-order valence-corrected chi connectivity index (χ4v) is 4.75. The van der Waals surface area contributed by atoms with E-state index in [9.17, 15) is 4.79 Å². The molecule has 4 aromatic rings. The van der Waals surface area contributed by atoms with Gasteiger partial charge in [-0.05, 0) is 24.6 Å². The first-order valence-corrected chi connectivity index (χ1v) is 11.4. The molecule has 1 saturated heterocycles. The average Bonchev–Trinajstić information content (AvgIpc) is 3.32. The van der Waals surface area contributed by atoms with Gasteiger partial charge in [-0.3, -0.25) is 4.79 Å². The van der Waals surface area contributed by atoms with Crippen LogP contribution >= 0.6 is 0 Å². The highest BCUT2D eigenvalue weighted by atomic mass is 16.5. The monoisotopic (exact) mass is 439 g/mol. The van der Waals surface area contributed by atoms with Crippen LogP contribution in [-0.2, 0) is 17.7 Å². The number of carbonyl (C=O) groups excluding carboxylic acids is 1. The number of benzene rings is 2. The van der Waals surface area contributed by atoms with Gasteiger partial charge in [-0.15, -0.1) is 0 Å². The van der Waals surface area contributed by atoms with Crippen LogP contribution in [0, 0.1) is 0 Å². The van der Waals surface area contributed by atoms with E-state index in [1.165, 1.54) is 0 Å². The second-order valence-electron chi connectivity index (χ2n) is 8.49. The number of H-pyrrole nitrogens is 1. The second kappa shape index (κ2) is 8.33. The zero-order valence-corrected chi connectivity index (χ0v) is 18.3. The van der Waals surface area contributed by atoms with Gasteiger partial charge in [-0.25, -0.2) is 9.97 Å². The van der Waals surface area contributed by atoms with Gasteiger partial charge in [0, 0.05) is 53.4 Å². The Morgan fingerprint density at radius 1 is 0.939 bits per heavy atom. The van der Waals surface area contributed by atoms with Crippen molar-refractivity contribution < 1.29 is 9.53 Å². The predicted molar refractivity (Wildman–Crippen MR) is 127 cm³/mol. The molecule has 33 heavy (non-hydrogen) atoms. The van der Waals surface area contributed by atoms with Crippen LogP contribution in [-0.4, -0.2) is 58.6 Å². The Bertz CT molecular complexity index is 1310. The molecule has 4 heterocycles. The van der Waals surface area contributed by atoms with E-state index in [0.717, 1.165) is 52.9 Å². The van der Waals surface area contributed by atoms with Crippen molar-refractivity contribution in [1.29, 1.82) is 0 Å². The highest BCUT2D eigenvalue weighted by Crippen LogP contribution is 2.34. The van der Waals surface area contributed by atoms with Crippen molar-refractivity contribution in [2.45, 2.75) is 13.0 Å². The second-order valence-corrected chi connectivity index (χ2v) is 8.49. The number of anilines is 1. The van der Waals surface area contributed by atoms with Gasteiger partial charge in [0.25, 0.3) is 5.91 Å². The number of aromatic amines is 1. The average molecular weight is 440 g/mol. The van der Waals surface area contributed by atoms with E-state index >= 15 is 0 Å². The quantitative estimate of drug-likeness (QED) is 0.527. The van der Waals surface area contributed by atoms with Crippen molar-refractivity contribution in [1.82, 2.24) is 19.9 Å². The normalized spacial score (nSPS) is 16.1. The number of fused-ring (bicyclic) bond motifs is 2. The molecular weight excluding hydrogens is 414 g/mol. The number of nitrogens with one attached hydrogen (secondary N) is 1. The van der Waals surface area contributed by atoms with E-state index in [2.05, 4.69) is 28.1 Å². The van der Waals surface area contributed by atoms with Crippen LogP contribution in [0.1, 0.15) is 21.6 Å². The molecule has 166 valence electrons. The zero-order valence-electron chi connectivity index (χ0n) is 18.3. The highest BCUT2D eigenvalue weighted by molar-refractivity contribution is 5.96. The maximum absolute atomic E-state index is 13.1. The van der Waals surface area contributed by atoms with Gasteiger partial charge in [0.15, 0.2) is 0 Å². The van der Waals surface area contributed by atoms with E-state index in [-0.39, 0.29) is 5.91 Å². The summed E-state index contributed by atoms with van der Waals surface area (Å²) in [7, 11) is 0. The number of rotatable bonds is 3. The number of para-hydroxylation sites is 1. The third kappa shape index (κ3) is 3.64. The molecule has 2 aromatic heterocycles. The Morgan fingerprint density at radius 2 is 1.73 bits per heavy atom. The third-order valence-electron chi connectivity index (χ3n) is 6.50. The fraction of sp³-hybridized carbons (Fsp3) is 0.269. The van der Waals surface area contributed by atoms with Crippen LogP contribution < -0.4 is 4.90 Å². The molecule has 0 saturated carbocycles. The summed E-state index contributed by atoms with van der Waals surface area (Å²) < 4.78 is 5.54. The molecule has 6 rings (SSSR count). The topological polar surface area (TPSA) is 74.3 Å². The van der Waals surface area contributed by atoms with Crippen molar-refractivity contribution in [3.63, 3.8) is 0 Å². The molecule has 0 unspecified atom stereocenters. The number of aromatic nitrogens is 3. The summed E-state index contributed by atoms with van der Waals surface area (Å²) in [5, 5.41) is 1.15. The molecule has 2 aliphatic rings. The maximum Gasteiger partial charge on any atom is 0.254 e. The largest absolute Gasteiger partial charge is 0.378 e. The Morgan fingerprint density at radius 3 is 2.58 bits per heavy atom. The van der Waals surface area contributed by atoms with Crippen LogP contribution in [0.25, 0.3) is 22.2 Å². The minimum Gasteiger partial charge on any atom is -0.378 e. The van der Waals surface area contributed by atoms with Crippen LogP contribution in [0.15, 0.2) is 60.8 Å². The molecule has 0 radical (unpaired) electrons. The number of morpholine rings is 1. The van der Waals surface area contributed by atoms with Gasteiger partial charge < -0.3 is 19.5 Å². The molecule has 7 heteroatoms. The molecule has 1 N–H and O–H groups in total. The number of hydrogen-bond donors (Lipinski definition) is 1. The first-order valence-electron chi connectivity index (χ1n) is 11.4. The lowest BCUT2D eigenvalue weighted by Crippen LogP contribution is -2.39. The lowest BCUT2D eigenvalue weighted by molar-refractivity contribution is 0.0732. The van der Waals surface area contributed by atoms with Crippen molar-refractivity contribution >= 4 is 22.8 Å². The molecule has 2 aliphatic heterocycles. The minimum atomic E-state index is 0.0430. The molecule has 0 spiro atoms. The highest BCUT2D eigenvalue weighted by Gasteiger charge is 2.28. The lowest BCUT2D eigenvalue weighted by atomic mass is 9.97. The smallest absolute Gasteiger partial charge is 0.254 e. The first kappa shape index (κ1) is 19.9. The Kier molecular flexibility index (Phi) is 5.03. The number of hydrogen-bond acceptors (Lipinski definition) is 5. The zero-order chi connectivity index (χ0) is 22.2. The number of carbonyl (C=O) groups is 1. The molecule has 2 aromatic carbocycles. The standard InChI is InChI=1S/C26H25N5O2/c32-25(18-6-2-1-3-7-18)31-11-10-20-23(17-31)28-26(30-12-14-33-15-13-30)29-24(20)21-16-27-22-9-5-4-8-19(21)22/h1-9,16,27H,10-15,17H2. The van der Waals surface area contributed by atoms with E-state index < -0.39 is 0 Å². The van der Waals surface area contributed by atoms with E-state index in [1.54, 1.807) is 0 Å². The van der Waals surface area contributed by atoms with Crippen molar-refractivity contribution in [2.75, 3.05) is 37.7 Å². The van der Waals surface area contributed by atoms with Crippen molar-refractivity contribution in [2.24, 2.45) is 0 Å². The summed E-state index contributed by atoms with van der Waals surface area (Å²) in [6, 6.07) is 17.8. The third-order valence-corrected chi connectivity index (χ3v) is 6.50.